The molecule has 10 nitrogen and oxygen atoms in total. The molecule has 12 aromatic rings. The maximum absolute atomic E-state index is 8.86. The first-order chi connectivity index (χ1) is 32.4. The molecule has 0 aliphatic heterocycles. The molecule has 6 aromatic heterocycles. The lowest BCUT2D eigenvalue weighted by Crippen LogP contribution is -1.96. The van der Waals surface area contributed by atoms with Crippen molar-refractivity contribution in [2.45, 2.75) is 25.7 Å². The Labute approximate surface area is 388 Å². The van der Waals surface area contributed by atoms with Crippen molar-refractivity contribution in [1.29, 1.82) is 10.5 Å². The molecule has 2 N–H and O–H groups in total. The monoisotopic (exact) mass is 894 g/mol. The number of halogens is 2. The van der Waals surface area contributed by atoms with Crippen LogP contribution in [0, 0.1) is 22.7 Å². The molecule has 0 radical (unpaired) electrons. The van der Waals surface area contributed by atoms with E-state index < -0.39 is 0 Å². The molecule has 6 heterocycles. The van der Waals surface area contributed by atoms with E-state index in [2.05, 4.69) is 127 Å². The van der Waals surface area contributed by atoms with Gasteiger partial charge in [0.1, 0.15) is 23.7 Å². The van der Waals surface area contributed by atoms with E-state index in [9.17, 15) is 0 Å². The Morgan fingerprint density at radius 1 is 0.470 bits per heavy atom. The summed E-state index contributed by atoms with van der Waals surface area (Å²) in [6.07, 6.45) is 13.4. The van der Waals surface area contributed by atoms with Gasteiger partial charge in [-0.25, -0.2) is 9.97 Å². The highest BCUT2D eigenvalue weighted by atomic mass is 35.5. The van der Waals surface area contributed by atoms with Crippen LogP contribution in [0.1, 0.15) is 24.0 Å². The van der Waals surface area contributed by atoms with E-state index >= 15 is 0 Å². The van der Waals surface area contributed by atoms with Gasteiger partial charge in [0.05, 0.1) is 68.0 Å². The topological polar surface area (TPSA) is 141 Å². The maximum atomic E-state index is 8.86. The molecule has 0 bridgehead atoms. The SMILES string of the molecule is N#CCCc1ccc(-n2cnc3cnc4ccc(-c5ccc6[nH]ccc6c5)cc4c32)c(Cl)c1.N#CCCc1ccc(-n2cnc3cnc4ccc(-c5ccc6[nH]ccc6c5)cc4c32)c(Cl)c1. The van der Waals surface area contributed by atoms with Crippen LogP contribution < -0.4 is 0 Å². The van der Waals surface area contributed by atoms with E-state index in [0.717, 1.165) is 99.7 Å². The van der Waals surface area contributed by atoms with E-state index in [1.807, 2.05) is 57.9 Å². The standard InChI is InChI=1S/2C27H18ClN5/c2*28-22-12-17(2-1-10-29)3-8-26(22)33-16-32-25-15-31-24-7-5-19(14-21(24)27(25)33)18-4-6-23-20(13-18)9-11-30-23/h2*3-9,11-16,30H,1-2H2. The molecule has 0 saturated heterocycles. The quantitative estimate of drug-likeness (QED) is 0.156. The number of nitrogens with zero attached hydrogens (tertiary/aromatic N) is 8. The number of aromatic amines is 2. The second-order valence-electron chi connectivity index (χ2n) is 16.1. The summed E-state index contributed by atoms with van der Waals surface area (Å²) in [7, 11) is 0. The van der Waals surface area contributed by atoms with Crippen molar-refractivity contribution in [3.8, 4) is 45.8 Å². The average Bonchev–Trinajstić information content (AvgIpc) is 4.19. The van der Waals surface area contributed by atoms with Crippen molar-refractivity contribution in [2.24, 2.45) is 0 Å². The summed E-state index contributed by atoms with van der Waals surface area (Å²) in [5.74, 6) is 0. The Balaban J connectivity index is 0.000000146. The number of nitrogens with one attached hydrogen (secondary N) is 2. The van der Waals surface area contributed by atoms with Crippen LogP contribution >= 0.6 is 23.2 Å². The molecule has 0 atom stereocenters. The molecule has 0 aliphatic carbocycles. The Kier molecular flexibility index (Phi) is 10.4. The molecule has 12 heteroatoms. The van der Waals surface area contributed by atoms with Gasteiger partial charge < -0.3 is 9.97 Å². The summed E-state index contributed by atoms with van der Waals surface area (Å²) < 4.78 is 4.05. The first kappa shape index (κ1) is 40.5. The van der Waals surface area contributed by atoms with Crippen molar-refractivity contribution in [3.05, 3.63) is 180 Å². The van der Waals surface area contributed by atoms with Crippen molar-refractivity contribution in [1.82, 2.24) is 39.0 Å². The van der Waals surface area contributed by atoms with Gasteiger partial charge in [0, 0.05) is 47.0 Å². The number of rotatable bonds is 8. The molecular weight excluding hydrogens is 860 g/mol. The summed E-state index contributed by atoms with van der Waals surface area (Å²) in [5.41, 5.74) is 15.9. The zero-order valence-corrected chi connectivity index (χ0v) is 36.7. The van der Waals surface area contributed by atoms with Gasteiger partial charge in [0.15, 0.2) is 0 Å². The number of aryl methyl sites for hydroxylation is 2. The van der Waals surface area contributed by atoms with Gasteiger partial charge in [-0.2, -0.15) is 10.5 Å². The fraction of sp³-hybridized carbons (Fsp3) is 0.0741. The van der Waals surface area contributed by atoms with Gasteiger partial charge in [-0.15, -0.1) is 0 Å². The van der Waals surface area contributed by atoms with Crippen LogP contribution in [0.15, 0.2) is 159 Å². The Morgan fingerprint density at radius 2 is 0.909 bits per heavy atom. The molecule has 0 spiro atoms. The highest BCUT2D eigenvalue weighted by molar-refractivity contribution is 6.33. The molecule has 12 rings (SSSR count). The summed E-state index contributed by atoms with van der Waals surface area (Å²) in [5, 5.41) is 23.4. The number of benzene rings is 6. The number of hydrogen-bond donors (Lipinski definition) is 2. The summed E-state index contributed by atoms with van der Waals surface area (Å²) in [6, 6.07) is 45.9. The van der Waals surface area contributed by atoms with Gasteiger partial charge in [-0.1, -0.05) is 59.6 Å². The number of imidazole rings is 2. The first-order valence-corrected chi connectivity index (χ1v) is 22.2. The summed E-state index contributed by atoms with van der Waals surface area (Å²) in [6.45, 7) is 0. The average molecular weight is 896 g/mol. The van der Waals surface area contributed by atoms with E-state index in [4.69, 9.17) is 33.7 Å². The minimum Gasteiger partial charge on any atom is -0.361 e. The summed E-state index contributed by atoms with van der Waals surface area (Å²) in [4.78, 5) is 24.9. The molecule has 0 unspecified atom stereocenters. The van der Waals surface area contributed by atoms with Gasteiger partial charge in [-0.3, -0.25) is 19.1 Å². The van der Waals surface area contributed by atoms with Gasteiger partial charge in [-0.05, 0) is 142 Å². The van der Waals surface area contributed by atoms with Crippen LogP contribution in [0.4, 0.5) is 0 Å². The first-order valence-electron chi connectivity index (χ1n) is 21.4. The van der Waals surface area contributed by atoms with Crippen LogP contribution in [-0.4, -0.2) is 39.0 Å². The molecule has 316 valence electrons. The summed E-state index contributed by atoms with van der Waals surface area (Å²) >= 11 is 13.3. The van der Waals surface area contributed by atoms with E-state index in [1.54, 1.807) is 25.0 Å². The van der Waals surface area contributed by atoms with Crippen LogP contribution in [-0.2, 0) is 12.8 Å². The smallest absolute Gasteiger partial charge is 0.108 e. The minimum absolute atomic E-state index is 0.470. The third kappa shape index (κ3) is 7.44. The zero-order chi connectivity index (χ0) is 44.7. The Hall–Kier alpha value is -8.28. The molecular formula is C54H36Cl2N10. The van der Waals surface area contributed by atoms with E-state index in [0.29, 0.717) is 35.7 Å². The second-order valence-corrected chi connectivity index (χ2v) is 16.9. The molecule has 0 saturated carbocycles. The van der Waals surface area contributed by atoms with Gasteiger partial charge in [0.2, 0.25) is 0 Å². The van der Waals surface area contributed by atoms with Crippen LogP contribution in [0.25, 0.3) is 99.3 Å². The zero-order valence-electron chi connectivity index (χ0n) is 35.2. The highest BCUT2D eigenvalue weighted by Crippen LogP contribution is 2.35. The Morgan fingerprint density at radius 3 is 1.35 bits per heavy atom. The number of hydrogen-bond acceptors (Lipinski definition) is 6. The fourth-order valence-electron chi connectivity index (χ4n) is 8.78. The maximum Gasteiger partial charge on any atom is 0.108 e. The predicted octanol–water partition coefficient (Wildman–Crippen LogP) is 13.7. The van der Waals surface area contributed by atoms with Crippen LogP contribution in [0.5, 0.6) is 0 Å². The molecule has 0 fully saturated rings. The van der Waals surface area contributed by atoms with Crippen molar-refractivity contribution in [2.75, 3.05) is 0 Å². The predicted molar refractivity (Wildman–Crippen MR) is 265 cm³/mol. The number of pyridine rings is 2. The van der Waals surface area contributed by atoms with Crippen molar-refractivity contribution >= 4 is 88.9 Å². The highest BCUT2D eigenvalue weighted by Gasteiger charge is 2.16. The largest absolute Gasteiger partial charge is 0.361 e. The lowest BCUT2D eigenvalue weighted by atomic mass is 10.0. The van der Waals surface area contributed by atoms with Gasteiger partial charge in [0.25, 0.3) is 0 Å². The van der Waals surface area contributed by atoms with E-state index in [-0.39, 0.29) is 0 Å². The molecule has 0 aliphatic rings. The number of nitriles is 2. The lowest BCUT2D eigenvalue weighted by Gasteiger charge is -2.11. The molecule has 66 heavy (non-hydrogen) atoms. The number of aromatic nitrogens is 8. The number of fused-ring (bicyclic) bond motifs is 8. The lowest BCUT2D eigenvalue weighted by molar-refractivity contribution is 1.00. The Bertz CT molecular complexity index is 3660. The molecule has 0 amide bonds. The fourth-order valence-corrected chi connectivity index (χ4v) is 9.37. The van der Waals surface area contributed by atoms with Crippen molar-refractivity contribution in [3.63, 3.8) is 0 Å². The van der Waals surface area contributed by atoms with Crippen molar-refractivity contribution < 1.29 is 0 Å². The second kappa shape index (κ2) is 17.0. The van der Waals surface area contributed by atoms with Crippen LogP contribution in [0.3, 0.4) is 0 Å². The minimum atomic E-state index is 0.470. The third-order valence-electron chi connectivity index (χ3n) is 12.1. The third-order valence-corrected chi connectivity index (χ3v) is 12.7. The number of H-pyrrole nitrogens is 2. The molecule has 6 aromatic carbocycles. The normalized spacial score (nSPS) is 11.4. The van der Waals surface area contributed by atoms with E-state index in [1.165, 1.54) is 10.8 Å². The van der Waals surface area contributed by atoms with Gasteiger partial charge >= 0.3 is 0 Å². The van der Waals surface area contributed by atoms with Crippen LogP contribution in [0.2, 0.25) is 10.0 Å².